The predicted octanol–water partition coefficient (Wildman–Crippen LogP) is 5.92. The summed E-state index contributed by atoms with van der Waals surface area (Å²) in [6.45, 7) is 0.392. The zero-order chi connectivity index (χ0) is 20.7. The van der Waals surface area contributed by atoms with Crippen LogP contribution in [0.3, 0.4) is 0 Å². The van der Waals surface area contributed by atoms with E-state index in [4.69, 9.17) is 42.1 Å². The minimum absolute atomic E-state index is 0.191. The molecule has 0 spiro atoms. The summed E-state index contributed by atoms with van der Waals surface area (Å²) in [6, 6.07) is 15.8. The van der Waals surface area contributed by atoms with Crippen molar-refractivity contribution in [2.75, 3.05) is 6.79 Å². The summed E-state index contributed by atoms with van der Waals surface area (Å²) in [7, 11) is 0. The van der Waals surface area contributed by atoms with Crippen LogP contribution in [0, 0.1) is 0 Å². The van der Waals surface area contributed by atoms with Crippen molar-refractivity contribution >= 4 is 35.1 Å². The van der Waals surface area contributed by atoms with Crippen molar-refractivity contribution in [1.29, 1.82) is 0 Å². The fourth-order valence-electron chi connectivity index (χ4n) is 3.24. The molecule has 0 unspecified atom stereocenters. The van der Waals surface area contributed by atoms with Gasteiger partial charge in [-0.3, -0.25) is 4.79 Å². The number of carbonyl (C=O) groups is 1. The van der Waals surface area contributed by atoms with Crippen molar-refractivity contribution in [3.05, 3.63) is 87.1 Å². The topological polar surface area (TPSA) is 54.0 Å². The van der Waals surface area contributed by atoms with Gasteiger partial charge in [-0.15, -0.1) is 0 Å². The van der Waals surface area contributed by atoms with E-state index in [0.717, 1.165) is 5.56 Å². The van der Waals surface area contributed by atoms with E-state index >= 15 is 0 Å². The third kappa shape index (κ3) is 3.47. The number of carbonyl (C=O) groups excluding carboxylic acids is 1. The molecule has 0 bridgehead atoms. The Labute approximate surface area is 182 Å². The molecule has 0 fully saturated rings. The molecule has 0 saturated heterocycles. The number of benzene rings is 3. The van der Waals surface area contributed by atoms with Gasteiger partial charge < -0.3 is 18.9 Å². The van der Waals surface area contributed by atoms with Gasteiger partial charge in [-0.05, 0) is 48.0 Å². The maximum absolute atomic E-state index is 12.7. The molecule has 0 aliphatic carbocycles. The van der Waals surface area contributed by atoms with Crippen LogP contribution in [-0.4, -0.2) is 12.6 Å². The van der Waals surface area contributed by atoms with E-state index in [1.54, 1.807) is 54.6 Å². The van der Waals surface area contributed by atoms with Gasteiger partial charge in [0.2, 0.25) is 12.6 Å². The van der Waals surface area contributed by atoms with Crippen molar-refractivity contribution < 1.29 is 23.7 Å². The Bertz CT molecular complexity index is 1180. The van der Waals surface area contributed by atoms with Crippen LogP contribution in [-0.2, 0) is 6.61 Å². The van der Waals surface area contributed by atoms with Crippen LogP contribution in [0.15, 0.2) is 60.4 Å². The van der Waals surface area contributed by atoms with Crippen molar-refractivity contribution in [3.8, 4) is 23.0 Å². The first-order valence-electron chi connectivity index (χ1n) is 9.12. The first kappa shape index (κ1) is 18.9. The van der Waals surface area contributed by atoms with Gasteiger partial charge in [0.25, 0.3) is 0 Å². The highest BCUT2D eigenvalue weighted by molar-refractivity contribution is 6.35. The third-order valence-electron chi connectivity index (χ3n) is 4.78. The molecule has 0 atom stereocenters. The number of ether oxygens (including phenoxy) is 4. The normalized spacial score (nSPS) is 15.3. The Morgan fingerprint density at radius 1 is 0.933 bits per heavy atom. The highest BCUT2D eigenvalue weighted by Gasteiger charge is 2.28. The van der Waals surface area contributed by atoms with Crippen LogP contribution in [0.1, 0.15) is 21.5 Å². The molecule has 2 aliphatic heterocycles. The summed E-state index contributed by atoms with van der Waals surface area (Å²) in [4.78, 5) is 12.7. The smallest absolute Gasteiger partial charge is 0.231 e. The minimum atomic E-state index is -0.191. The first-order chi connectivity index (χ1) is 14.6. The van der Waals surface area contributed by atoms with Crippen LogP contribution in [0.2, 0.25) is 10.0 Å². The second-order valence-corrected chi connectivity index (χ2v) is 7.51. The quantitative estimate of drug-likeness (QED) is 0.471. The summed E-state index contributed by atoms with van der Waals surface area (Å²) in [6.07, 6.45) is 1.67. The van der Waals surface area contributed by atoms with E-state index in [1.165, 1.54) is 0 Å². The number of rotatable bonds is 4. The Balaban J connectivity index is 1.35. The SMILES string of the molecule is O=C1C(=Cc2ccc3c(c2)OCO3)Oc2cc(OCc3c(Cl)cccc3Cl)ccc21. The molecule has 3 aromatic rings. The molecule has 3 aromatic carbocycles. The third-order valence-corrected chi connectivity index (χ3v) is 5.49. The highest BCUT2D eigenvalue weighted by atomic mass is 35.5. The summed E-state index contributed by atoms with van der Waals surface area (Å²) in [5.41, 5.74) is 1.95. The Kier molecular flexibility index (Phi) is 4.77. The van der Waals surface area contributed by atoms with Crippen molar-refractivity contribution in [2.24, 2.45) is 0 Å². The molecule has 150 valence electrons. The van der Waals surface area contributed by atoms with E-state index in [0.29, 0.717) is 44.2 Å². The van der Waals surface area contributed by atoms with Crippen molar-refractivity contribution in [3.63, 3.8) is 0 Å². The maximum Gasteiger partial charge on any atom is 0.231 e. The Morgan fingerprint density at radius 3 is 2.57 bits per heavy atom. The van der Waals surface area contributed by atoms with Gasteiger partial charge in [0.05, 0.1) is 5.56 Å². The van der Waals surface area contributed by atoms with Gasteiger partial charge >= 0.3 is 0 Å². The van der Waals surface area contributed by atoms with Crippen LogP contribution in [0.5, 0.6) is 23.0 Å². The second-order valence-electron chi connectivity index (χ2n) is 6.70. The highest BCUT2D eigenvalue weighted by Crippen LogP contribution is 2.37. The summed E-state index contributed by atoms with van der Waals surface area (Å²) >= 11 is 12.4. The largest absolute Gasteiger partial charge is 0.489 e. The molecule has 7 heteroatoms. The van der Waals surface area contributed by atoms with E-state index in [9.17, 15) is 4.79 Å². The number of halogens is 2. The van der Waals surface area contributed by atoms with E-state index in [1.807, 2.05) is 6.07 Å². The number of hydrogen-bond donors (Lipinski definition) is 0. The number of Topliss-reactive ketones (excluding diaryl/α,β-unsaturated/α-hetero) is 1. The summed E-state index contributed by atoms with van der Waals surface area (Å²) < 4.78 is 22.3. The predicted molar refractivity (Wildman–Crippen MR) is 113 cm³/mol. The lowest BCUT2D eigenvalue weighted by Crippen LogP contribution is -1.98. The molecule has 2 aliphatic rings. The summed E-state index contributed by atoms with van der Waals surface area (Å²) in [5.74, 6) is 2.34. The fourth-order valence-corrected chi connectivity index (χ4v) is 3.74. The maximum atomic E-state index is 12.7. The molecule has 0 radical (unpaired) electrons. The zero-order valence-electron chi connectivity index (χ0n) is 15.5. The molecule has 0 N–H and O–H groups in total. The monoisotopic (exact) mass is 440 g/mol. The Hall–Kier alpha value is -3.15. The van der Waals surface area contributed by atoms with Crippen LogP contribution < -0.4 is 18.9 Å². The van der Waals surface area contributed by atoms with Crippen LogP contribution in [0.25, 0.3) is 6.08 Å². The molecule has 5 rings (SSSR count). The van der Waals surface area contributed by atoms with Gasteiger partial charge in [-0.25, -0.2) is 0 Å². The number of ketones is 1. The van der Waals surface area contributed by atoms with Crippen LogP contribution in [0.4, 0.5) is 0 Å². The average molecular weight is 441 g/mol. The van der Waals surface area contributed by atoms with Crippen molar-refractivity contribution in [2.45, 2.75) is 6.61 Å². The Morgan fingerprint density at radius 2 is 1.73 bits per heavy atom. The van der Waals surface area contributed by atoms with E-state index < -0.39 is 0 Å². The molecule has 0 saturated carbocycles. The lowest BCUT2D eigenvalue weighted by atomic mass is 10.1. The molecular formula is C23H14Cl2O5. The fraction of sp³-hybridized carbons (Fsp3) is 0.0870. The zero-order valence-corrected chi connectivity index (χ0v) is 17.0. The molecular weight excluding hydrogens is 427 g/mol. The van der Waals surface area contributed by atoms with Crippen LogP contribution >= 0.6 is 23.2 Å². The number of allylic oxidation sites excluding steroid dienone is 1. The number of fused-ring (bicyclic) bond motifs is 2. The molecule has 2 heterocycles. The van der Waals surface area contributed by atoms with E-state index in [2.05, 4.69) is 0 Å². The van der Waals surface area contributed by atoms with Gasteiger partial charge in [0.1, 0.15) is 18.1 Å². The minimum Gasteiger partial charge on any atom is -0.489 e. The lowest BCUT2D eigenvalue weighted by molar-refractivity contribution is 0.101. The van der Waals surface area contributed by atoms with Gasteiger partial charge in [-0.1, -0.05) is 35.3 Å². The van der Waals surface area contributed by atoms with Gasteiger partial charge in [0, 0.05) is 21.7 Å². The average Bonchev–Trinajstić information content (AvgIpc) is 3.32. The molecule has 5 nitrogen and oxygen atoms in total. The standard InChI is InChI=1S/C23H14Cl2O5/c24-17-2-1-3-18(25)16(17)11-27-14-5-6-15-20(10-14)30-22(23(15)26)9-13-4-7-19-21(8-13)29-12-28-19/h1-10H,11-12H2. The first-order valence-corrected chi connectivity index (χ1v) is 9.88. The molecule has 30 heavy (non-hydrogen) atoms. The van der Waals surface area contributed by atoms with E-state index in [-0.39, 0.29) is 24.9 Å². The lowest BCUT2D eigenvalue weighted by Gasteiger charge is -2.10. The van der Waals surface area contributed by atoms with Gasteiger partial charge in [0.15, 0.2) is 17.3 Å². The summed E-state index contributed by atoms with van der Waals surface area (Å²) in [5, 5.41) is 1.06. The molecule has 0 aromatic heterocycles. The number of hydrogen-bond acceptors (Lipinski definition) is 5. The van der Waals surface area contributed by atoms with Gasteiger partial charge in [-0.2, -0.15) is 0 Å². The van der Waals surface area contributed by atoms with Crippen molar-refractivity contribution in [1.82, 2.24) is 0 Å². The molecule has 0 amide bonds. The second kappa shape index (κ2) is 7.59.